The Bertz CT molecular complexity index is 357. The highest BCUT2D eigenvalue weighted by molar-refractivity contribution is 6.74. The fourth-order valence-electron chi connectivity index (χ4n) is 2.32. The summed E-state index contributed by atoms with van der Waals surface area (Å²) in [6.07, 6.45) is -0.437. The number of hydrogen-bond acceptors (Lipinski definition) is 4. The molecule has 3 N–H and O–H groups in total. The van der Waals surface area contributed by atoms with Crippen molar-refractivity contribution >= 4 is 14.4 Å². The van der Waals surface area contributed by atoms with Crippen LogP contribution in [0.2, 0.25) is 18.1 Å². The van der Waals surface area contributed by atoms with Gasteiger partial charge in [-0.2, -0.15) is 0 Å². The Morgan fingerprint density at radius 2 is 2.05 bits per heavy atom. The van der Waals surface area contributed by atoms with Crippen LogP contribution in [0.4, 0.5) is 4.79 Å². The number of β-amino-alcohol motifs (C(OH)–C–C–N with tert-alkyl or cyclic N) is 1. The van der Waals surface area contributed by atoms with Crippen LogP contribution in [0.25, 0.3) is 0 Å². The molecule has 0 aromatic heterocycles. The van der Waals surface area contributed by atoms with E-state index in [9.17, 15) is 4.79 Å². The van der Waals surface area contributed by atoms with Crippen molar-refractivity contribution in [2.45, 2.75) is 57.5 Å². The molecule has 0 aromatic rings. The van der Waals surface area contributed by atoms with Gasteiger partial charge in [0.05, 0.1) is 18.8 Å². The largest absolute Gasteiger partial charge is 0.465 e. The molecule has 6 nitrogen and oxygen atoms in total. The third kappa shape index (κ3) is 5.25. The Morgan fingerprint density at radius 1 is 1.43 bits per heavy atom. The lowest BCUT2D eigenvalue weighted by atomic mass is 10.0. The normalized spacial score (nSPS) is 24.9. The lowest BCUT2D eigenvalue weighted by Gasteiger charge is -2.45. The molecule has 0 unspecified atom stereocenters. The molecule has 1 aliphatic heterocycles. The number of nitrogens with zero attached hydrogens (tertiary/aromatic N) is 1. The van der Waals surface area contributed by atoms with E-state index in [0.717, 1.165) is 6.54 Å². The molecule has 21 heavy (non-hydrogen) atoms. The lowest BCUT2D eigenvalue weighted by molar-refractivity contribution is 0.0410. The molecule has 1 saturated heterocycles. The molecule has 1 amide bonds. The Morgan fingerprint density at radius 3 is 2.52 bits per heavy atom. The quantitative estimate of drug-likeness (QED) is 0.672. The summed E-state index contributed by atoms with van der Waals surface area (Å²) in [4.78, 5) is 13.1. The summed E-state index contributed by atoms with van der Waals surface area (Å²) in [6, 6.07) is -0.174. The van der Waals surface area contributed by atoms with Crippen molar-refractivity contribution in [1.29, 1.82) is 0 Å². The van der Waals surface area contributed by atoms with Gasteiger partial charge in [-0.15, -0.1) is 0 Å². The van der Waals surface area contributed by atoms with Crippen LogP contribution in [-0.2, 0) is 4.43 Å². The summed E-state index contributed by atoms with van der Waals surface area (Å²) < 4.78 is 6.42. The minimum atomic E-state index is -1.96. The number of rotatable bonds is 5. The van der Waals surface area contributed by atoms with E-state index in [4.69, 9.17) is 14.6 Å². The van der Waals surface area contributed by atoms with E-state index < -0.39 is 14.4 Å². The highest BCUT2D eigenvalue weighted by Gasteiger charge is 2.42. The maximum absolute atomic E-state index is 11.0. The molecule has 0 bridgehead atoms. The van der Waals surface area contributed by atoms with Crippen molar-refractivity contribution in [2.75, 3.05) is 26.2 Å². The van der Waals surface area contributed by atoms with Gasteiger partial charge < -0.3 is 20.0 Å². The second-order valence-corrected chi connectivity index (χ2v) is 12.0. The summed E-state index contributed by atoms with van der Waals surface area (Å²) in [5, 5.41) is 20.8. The zero-order valence-corrected chi connectivity index (χ0v) is 14.8. The van der Waals surface area contributed by atoms with Crippen LogP contribution in [0.15, 0.2) is 0 Å². The molecular weight excluding hydrogens is 288 g/mol. The van der Waals surface area contributed by atoms with Crippen LogP contribution in [0.3, 0.4) is 0 Å². The fraction of sp³-hybridized carbons (Fsp3) is 0.929. The van der Waals surface area contributed by atoms with Gasteiger partial charge >= 0.3 is 6.09 Å². The molecule has 0 aliphatic carbocycles. The molecule has 0 radical (unpaired) electrons. The summed E-state index contributed by atoms with van der Waals surface area (Å²) in [7, 11) is -1.96. The topological polar surface area (TPSA) is 82.0 Å². The number of aliphatic hydroxyl groups is 1. The molecule has 7 heteroatoms. The Kier molecular flexibility index (Phi) is 6.21. The first-order valence-corrected chi connectivity index (χ1v) is 10.5. The first kappa shape index (κ1) is 18.4. The number of hydrogen-bond donors (Lipinski definition) is 3. The fourth-order valence-corrected chi connectivity index (χ4v) is 3.67. The average Bonchev–Trinajstić information content (AvgIpc) is 2.30. The number of amides is 1. The van der Waals surface area contributed by atoms with E-state index in [0.29, 0.717) is 19.5 Å². The molecule has 0 aromatic carbocycles. The minimum absolute atomic E-state index is 0.0834. The van der Waals surface area contributed by atoms with Crippen molar-refractivity contribution < 1.29 is 19.4 Å². The highest BCUT2D eigenvalue weighted by atomic mass is 28.4. The van der Waals surface area contributed by atoms with Gasteiger partial charge in [0.1, 0.15) is 0 Å². The third-order valence-electron chi connectivity index (χ3n) is 4.62. The van der Waals surface area contributed by atoms with Crippen LogP contribution in [0, 0.1) is 0 Å². The maximum Gasteiger partial charge on any atom is 0.404 e. The Balaban J connectivity index is 2.80. The van der Waals surface area contributed by atoms with Gasteiger partial charge in [0.15, 0.2) is 8.32 Å². The van der Waals surface area contributed by atoms with Gasteiger partial charge in [0, 0.05) is 19.6 Å². The van der Waals surface area contributed by atoms with E-state index in [2.05, 4.69) is 44.1 Å². The van der Waals surface area contributed by atoms with Gasteiger partial charge in [-0.1, -0.05) is 20.8 Å². The third-order valence-corrected chi connectivity index (χ3v) is 9.12. The number of aliphatic hydroxyl groups excluding tert-OH is 1. The molecule has 1 fully saturated rings. The molecule has 0 spiro atoms. The Labute approximate surface area is 128 Å². The summed E-state index contributed by atoms with van der Waals surface area (Å²) >= 11 is 0. The smallest absolute Gasteiger partial charge is 0.404 e. The monoisotopic (exact) mass is 318 g/mol. The van der Waals surface area contributed by atoms with Gasteiger partial charge in [-0.3, -0.25) is 4.90 Å². The number of nitrogens with one attached hydrogen (secondary N) is 1. The maximum atomic E-state index is 11.0. The van der Waals surface area contributed by atoms with Crippen molar-refractivity contribution in [1.82, 2.24) is 10.2 Å². The SMILES string of the molecule is CC(C)(C)[Si](C)(C)O[C@H]1CN(CCO)CC[C@@H]1NC(=O)O. The van der Waals surface area contributed by atoms with Crippen molar-refractivity contribution in [3.63, 3.8) is 0 Å². The van der Waals surface area contributed by atoms with E-state index in [1.807, 2.05) is 0 Å². The summed E-state index contributed by atoms with van der Waals surface area (Å²) in [6.45, 7) is 13.0. The first-order chi connectivity index (χ1) is 9.56. The highest BCUT2D eigenvalue weighted by Crippen LogP contribution is 2.38. The van der Waals surface area contributed by atoms with Crippen LogP contribution < -0.4 is 5.32 Å². The minimum Gasteiger partial charge on any atom is -0.465 e. The van der Waals surface area contributed by atoms with Crippen LogP contribution >= 0.6 is 0 Å². The predicted octanol–water partition coefficient (Wildman–Crippen LogP) is 1.71. The Hall–Kier alpha value is -0.633. The van der Waals surface area contributed by atoms with Crippen molar-refractivity contribution in [3.05, 3.63) is 0 Å². The van der Waals surface area contributed by atoms with Crippen molar-refractivity contribution in [3.8, 4) is 0 Å². The van der Waals surface area contributed by atoms with Crippen molar-refractivity contribution in [2.24, 2.45) is 0 Å². The van der Waals surface area contributed by atoms with Crippen LogP contribution in [0.1, 0.15) is 27.2 Å². The second-order valence-electron chi connectivity index (χ2n) is 7.29. The van der Waals surface area contributed by atoms with Crippen LogP contribution in [-0.4, -0.2) is 67.9 Å². The first-order valence-electron chi connectivity index (χ1n) is 7.57. The van der Waals surface area contributed by atoms with E-state index in [1.165, 1.54) is 0 Å². The van der Waals surface area contributed by atoms with E-state index in [1.54, 1.807) is 0 Å². The predicted molar refractivity (Wildman–Crippen MR) is 85.2 cm³/mol. The molecule has 124 valence electrons. The van der Waals surface area contributed by atoms with Gasteiger partial charge in [0.2, 0.25) is 0 Å². The molecular formula is C14H30N2O4Si. The number of piperidine rings is 1. The lowest BCUT2D eigenvalue weighted by Crippen LogP contribution is -2.59. The molecule has 0 saturated carbocycles. The molecule has 2 atom stereocenters. The molecule has 1 rings (SSSR count). The van der Waals surface area contributed by atoms with Crippen LogP contribution in [0.5, 0.6) is 0 Å². The number of carboxylic acid groups (broad SMARTS) is 1. The zero-order valence-electron chi connectivity index (χ0n) is 13.8. The van der Waals surface area contributed by atoms with Gasteiger partial charge in [-0.05, 0) is 24.6 Å². The molecule has 1 aliphatic rings. The molecule has 1 heterocycles. The summed E-state index contributed by atoms with van der Waals surface area (Å²) in [5.74, 6) is 0. The van der Waals surface area contributed by atoms with Gasteiger partial charge in [-0.25, -0.2) is 4.79 Å². The van der Waals surface area contributed by atoms with Gasteiger partial charge in [0.25, 0.3) is 0 Å². The van der Waals surface area contributed by atoms with E-state index >= 15 is 0 Å². The zero-order chi connectivity index (χ0) is 16.3. The standard InChI is InChI=1S/C14H30N2O4Si/c1-14(2,3)21(4,5)20-12-10-16(8-9-17)7-6-11(12)15-13(18)19/h11-12,15,17H,6-10H2,1-5H3,(H,18,19)/t11-,12-/m0/s1. The van der Waals surface area contributed by atoms with E-state index in [-0.39, 0.29) is 23.8 Å². The average molecular weight is 318 g/mol. The number of carbonyl (C=O) groups is 1. The second kappa shape index (κ2) is 7.08. The number of likely N-dealkylation sites (tertiary alicyclic amines) is 1. The summed E-state index contributed by atoms with van der Waals surface area (Å²) in [5.41, 5.74) is 0.